The van der Waals surface area contributed by atoms with Crippen LogP contribution in [-0.4, -0.2) is 29.9 Å². The first-order chi connectivity index (χ1) is 11.1. The van der Waals surface area contributed by atoms with Gasteiger partial charge >= 0.3 is 5.97 Å². The van der Waals surface area contributed by atoms with E-state index in [0.29, 0.717) is 28.8 Å². The molecular formula is C17H13NO5. The number of carboxylic acids is 1. The Bertz CT molecular complexity index is 799. The summed E-state index contributed by atoms with van der Waals surface area (Å²) in [7, 11) is 0. The Morgan fingerprint density at radius 3 is 2.83 bits per heavy atom. The molecule has 1 N–H and O–H groups in total. The molecule has 0 saturated heterocycles. The first kappa shape index (κ1) is 14.8. The first-order valence-corrected chi connectivity index (χ1v) is 6.93. The van der Waals surface area contributed by atoms with Crippen molar-refractivity contribution in [1.82, 2.24) is 0 Å². The number of amides is 1. The van der Waals surface area contributed by atoms with Gasteiger partial charge in [0.2, 0.25) is 0 Å². The van der Waals surface area contributed by atoms with Gasteiger partial charge in [0.1, 0.15) is 12.0 Å². The lowest BCUT2D eigenvalue weighted by atomic mass is 10.1. The zero-order valence-corrected chi connectivity index (χ0v) is 12.1. The second-order valence-electron chi connectivity index (χ2n) is 5.12. The number of carbonyl (C=O) groups excluding carboxylic acids is 2. The van der Waals surface area contributed by atoms with Crippen LogP contribution in [0.2, 0.25) is 0 Å². The summed E-state index contributed by atoms with van der Waals surface area (Å²) in [4.78, 5) is 35.7. The minimum absolute atomic E-state index is 0.0912. The Balaban J connectivity index is 1.97. The van der Waals surface area contributed by atoms with E-state index >= 15 is 0 Å². The van der Waals surface area contributed by atoms with Crippen molar-refractivity contribution < 1.29 is 24.2 Å². The van der Waals surface area contributed by atoms with E-state index in [2.05, 4.69) is 0 Å². The molecule has 3 rings (SSSR count). The number of fused-ring (bicyclic) bond motifs is 1. The molecule has 0 bridgehead atoms. The molecule has 6 nitrogen and oxygen atoms in total. The SMILES string of the molecule is O=Cc1ccc2c(c1)N(Cc1cccc(C(=O)O)c1)C(=O)CO2. The number of nitrogens with zero attached hydrogens (tertiary/aromatic N) is 1. The third kappa shape index (κ3) is 2.91. The molecule has 2 aromatic carbocycles. The normalized spacial score (nSPS) is 13.2. The van der Waals surface area contributed by atoms with E-state index in [0.717, 1.165) is 0 Å². The molecule has 1 amide bonds. The molecule has 0 aromatic heterocycles. The van der Waals surface area contributed by atoms with Crippen LogP contribution in [0.15, 0.2) is 42.5 Å². The lowest BCUT2D eigenvalue weighted by Gasteiger charge is -2.29. The van der Waals surface area contributed by atoms with Crippen LogP contribution in [0, 0.1) is 0 Å². The van der Waals surface area contributed by atoms with Crippen LogP contribution in [0.5, 0.6) is 5.75 Å². The van der Waals surface area contributed by atoms with Crippen molar-refractivity contribution in [1.29, 1.82) is 0 Å². The van der Waals surface area contributed by atoms with Crippen molar-refractivity contribution in [3.63, 3.8) is 0 Å². The van der Waals surface area contributed by atoms with Gasteiger partial charge in [-0.25, -0.2) is 4.79 Å². The van der Waals surface area contributed by atoms with Crippen LogP contribution in [0.25, 0.3) is 0 Å². The summed E-state index contributed by atoms with van der Waals surface area (Å²) in [6.45, 7) is 0.116. The zero-order chi connectivity index (χ0) is 16.4. The van der Waals surface area contributed by atoms with E-state index in [1.54, 1.807) is 30.3 Å². The molecule has 0 saturated carbocycles. The fraction of sp³-hybridized carbons (Fsp3) is 0.118. The molecule has 23 heavy (non-hydrogen) atoms. The van der Waals surface area contributed by atoms with E-state index in [9.17, 15) is 14.4 Å². The second kappa shape index (κ2) is 5.92. The number of aldehydes is 1. The molecule has 116 valence electrons. The van der Waals surface area contributed by atoms with Crippen LogP contribution in [0.4, 0.5) is 5.69 Å². The summed E-state index contributed by atoms with van der Waals surface area (Å²) in [5.74, 6) is -0.755. The number of hydrogen-bond donors (Lipinski definition) is 1. The Morgan fingerprint density at radius 2 is 2.09 bits per heavy atom. The number of carbonyl (C=O) groups is 3. The average Bonchev–Trinajstić information content (AvgIpc) is 2.57. The van der Waals surface area contributed by atoms with E-state index in [1.807, 2.05) is 0 Å². The predicted octanol–water partition coefficient (Wildman–Crippen LogP) is 2.12. The van der Waals surface area contributed by atoms with E-state index < -0.39 is 5.97 Å². The Morgan fingerprint density at radius 1 is 1.26 bits per heavy atom. The number of ether oxygens (including phenoxy) is 1. The first-order valence-electron chi connectivity index (χ1n) is 6.93. The van der Waals surface area contributed by atoms with Gasteiger partial charge in [0, 0.05) is 5.56 Å². The molecule has 0 unspecified atom stereocenters. The highest BCUT2D eigenvalue weighted by Gasteiger charge is 2.26. The molecule has 0 fully saturated rings. The largest absolute Gasteiger partial charge is 0.482 e. The number of benzene rings is 2. The molecule has 0 spiro atoms. The van der Waals surface area contributed by atoms with E-state index in [4.69, 9.17) is 9.84 Å². The molecule has 1 aliphatic rings. The van der Waals surface area contributed by atoms with Crippen LogP contribution >= 0.6 is 0 Å². The highest BCUT2D eigenvalue weighted by atomic mass is 16.5. The Hall–Kier alpha value is -3.15. The maximum absolute atomic E-state index is 12.2. The van der Waals surface area contributed by atoms with Gasteiger partial charge in [-0.15, -0.1) is 0 Å². The highest BCUT2D eigenvalue weighted by Crippen LogP contribution is 2.33. The summed E-state index contributed by atoms with van der Waals surface area (Å²) < 4.78 is 5.36. The molecule has 0 radical (unpaired) electrons. The number of hydrogen-bond acceptors (Lipinski definition) is 4. The smallest absolute Gasteiger partial charge is 0.335 e. The van der Waals surface area contributed by atoms with Crippen LogP contribution in [0.1, 0.15) is 26.3 Å². The van der Waals surface area contributed by atoms with Crippen molar-refractivity contribution in [2.24, 2.45) is 0 Å². The number of rotatable bonds is 4. The summed E-state index contributed by atoms with van der Waals surface area (Å²) in [5.41, 5.74) is 1.78. The molecular weight excluding hydrogens is 298 g/mol. The summed E-state index contributed by atoms with van der Waals surface area (Å²) >= 11 is 0. The van der Waals surface area contributed by atoms with Crippen molar-refractivity contribution >= 4 is 23.9 Å². The summed E-state index contributed by atoms with van der Waals surface area (Å²) in [5, 5.41) is 9.05. The van der Waals surface area contributed by atoms with Crippen molar-refractivity contribution in [2.45, 2.75) is 6.54 Å². The Kier molecular flexibility index (Phi) is 3.80. The number of aromatic carboxylic acids is 1. The number of carboxylic acid groups (broad SMARTS) is 1. The number of anilines is 1. The van der Waals surface area contributed by atoms with E-state index in [-0.39, 0.29) is 24.6 Å². The fourth-order valence-electron chi connectivity index (χ4n) is 2.45. The van der Waals surface area contributed by atoms with Gasteiger partial charge in [-0.3, -0.25) is 9.59 Å². The molecule has 0 atom stereocenters. The summed E-state index contributed by atoms with van der Waals surface area (Å²) in [6.07, 6.45) is 0.697. The predicted molar refractivity (Wildman–Crippen MR) is 81.9 cm³/mol. The van der Waals surface area contributed by atoms with Gasteiger partial charge < -0.3 is 14.7 Å². The standard InChI is InChI=1S/C17H13NO5/c19-9-12-4-5-15-14(7-12)18(16(20)10-23-15)8-11-2-1-3-13(6-11)17(21)22/h1-7,9H,8,10H2,(H,21,22). The lowest BCUT2D eigenvalue weighted by molar-refractivity contribution is -0.121. The van der Waals surface area contributed by atoms with E-state index in [1.165, 1.54) is 17.0 Å². The minimum Gasteiger partial charge on any atom is -0.482 e. The average molecular weight is 311 g/mol. The maximum atomic E-state index is 12.2. The van der Waals surface area contributed by atoms with Gasteiger partial charge in [0.05, 0.1) is 17.8 Å². The van der Waals surface area contributed by atoms with Gasteiger partial charge in [0.25, 0.3) is 5.91 Å². The third-order valence-corrected chi connectivity index (χ3v) is 3.58. The van der Waals surface area contributed by atoms with Gasteiger partial charge in [0.15, 0.2) is 6.61 Å². The van der Waals surface area contributed by atoms with Crippen LogP contribution in [0.3, 0.4) is 0 Å². The topological polar surface area (TPSA) is 83.9 Å². The monoisotopic (exact) mass is 311 g/mol. The van der Waals surface area contributed by atoms with Crippen LogP contribution < -0.4 is 9.64 Å². The van der Waals surface area contributed by atoms with Gasteiger partial charge in [-0.2, -0.15) is 0 Å². The van der Waals surface area contributed by atoms with Crippen LogP contribution in [-0.2, 0) is 11.3 Å². The lowest BCUT2D eigenvalue weighted by Crippen LogP contribution is -2.38. The summed E-state index contributed by atoms with van der Waals surface area (Å²) in [6, 6.07) is 11.2. The van der Waals surface area contributed by atoms with Gasteiger partial charge in [-0.1, -0.05) is 12.1 Å². The Labute approximate surface area is 131 Å². The van der Waals surface area contributed by atoms with Crippen molar-refractivity contribution in [3.05, 3.63) is 59.2 Å². The minimum atomic E-state index is -1.02. The molecule has 1 aliphatic heterocycles. The quantitative estimate of drug-likeness (QED) is 0.874. The van der Waals surface area contributed by atoms with Gasteiger partial charge in [-0.05, 0) is 35.9 Å². The maximum Gasteiger partial charge on any atom is 0.335 e. The molecule has 6 heteroatoms. The highest BCUT2D eigenvalue weighted by molar-refractivity contribution is 5.98. The third-order valence-electron chi connectivity index (χ3n) is 3.58. The zero-order valence-electron chi connectivity index (χ0n) is 12.1. The molecule has 2 aromatic rings. The van der Waals surface area contributed by atoms with Crippen molar-refractivity contribution in [3.8, 4) is 5.75 Å². The molecule has 1 heterocycles. The molecule has 0 aliphatic carbocycles. The fourth-order valence-corrected chi connectivity index (χ4v) is 2.45. The van der Waals surface area contributed by atoms with Crippen molar-refractivity contribution in [2.75, 3.05) is 11.5 Å². The second-order valence-corrected chi connectivity index (χ2v) is 5.12.